The third-order valence-corrected chi connectivity index (χ3v) is 8.11. The van der Waals surface area contributed by atoms with Gasteiger partial charge in [-0.05, 0) is 111 Å². The molecule has 0 bridgehead atoms. The van der Waals surface area contributed by atoms with Crippen molar-refractivity contribution in [2.75, 3.05) is 17.2 Å². The van der Waals surface area contributed by atoms with E-state index in [0.717, 1.165) is 29.5 Å². The van der Waals surface area contributed by atoms with Crippen LogP contribution in [0.5, 0.6) is 0 Å². The summed E-state index contributed by atoms with van der Waals surface area (Å²) in [7, 11) is 0. The molecule has 246 valence electrons. The van der Waals surface area contributed by atoms with Gasteiger partial charge in [0.2, 0.25) is 5.91 Å². The second-order valence-electron chi connectivity index (χ2n) is 12.9. The summed E-state index contributed by atoms with van der Waals surface area (Å²) < 4.78 is 5.34. The summed E-state index contributed by atoms with van der Waals surface area (Å²) in [5, 5.41) is 16.7. The topological polar surface area (TPSA) is 195 Å². The second-order valence-corrected chi connectivity index (χ2v) is 12.9. The maximum atomic E-state index is 14.1. The number of tetrazole rings is 1. The lowest BCUT2D eigenvalue weighted by Crippen LogP contribution is -2.50. The monoisotopic (exact) mass is 639 g/mol. The number of pyridine rings is 1. The van der Waals surface area contributed by atoms with E-state index >= 15 is 0 Å². The van der Waals surface area contributed by atoms with E-state index in [0.29, 0.717) is 42.1 Å². The summed E-state index contributed by atoms with van der Waals surface area (Å²) in [5.41, 5.74) is 16.1. The van der Waals surface area contributed by atoms with Crippen molar-refractivity contribution >= 4 is 29.3 Å². The largest absolute Gasteiger partial charge is 0.444 e. The minimum absolute atomic E-state index is 0.204. The Morgan fingerprint density at radius 3 is 2.40 bits per heavy atom. The van der Waals surface area contributed by atoms with E-state index in [1.807, 2.05) is 51.1 Å². The molecular formula is C34H41N9O4. The SMILES string of the molecule is CC(C)(C)OC(=O)NC[C@H]1CC[C@H](C(=O)N(C(=O)[C@@H](N)Cc2cccc(-c3cncc(N)c3)c2)c2ccc(-c3nnn[nH]3)cc2)CC1. The van der Waals surface area contributed by atoms with Crippen molar-refractivity contribution in [2.45, 2.75) is 64.5 Å². The highest BCUT2D eigenvalue weighted by Crippen LogP contribution is 2.32. The number of nitrogens with two attached hydrogens (primary N) is 2. The summed E-state index contributed by atoms with van der Waals surface area (Å²) in [6, 6.07) is 15.4. The summed E-state index contributed by atoms with van der Waals surface area (Å²) in [4.78, 5) is 45.7. The fourth-order valence-electron chi connectivity index (χ4n) is 5.75. The number of H-pyrrole nitrogens is 1. The molecule has 2 aromatic heterocycles. The summed E-state index contributed by atoms with van der Waals surface area (Å²) in [5.74, 6) is -0.492. The molecule has 13 heteroatoms. The van der Waals surface area contributed by atoms with Gasteiger partial charge in [-0.25, -0.2) is 14.8 Å². The smallest absolute Gasteiger partial charge is 0.407 e. The van der Waals surface area contributed by atoms with E-state index in [2.05, 4.69) is 30.9 Å². The predicted molar refractivity (Wildman–Crippen MR) is 178 cm³/mol. The zero-order valence-electron chi connectivity index (χ0n) is 26.8. The quantitative estimate of drug-likeness (QED) is 0.205. The number of alkyl carbamates (subject to hydrolysis) is 1. The van der Waals surface area contributed by atoms with E-state index in [9.17, 15) is 14.4 Å². The van der Waals surface area contributed by atoms with Crippen molar-refractivity contribution < 1.29 is 19.1 Å². The van der Waals surface area contributed by atoms with Crippen molar-refractivity contribution in [3.63, 3.8) is 0 Å². The molecule has 4 aromatic rings. The summed E-state index contributed by atoms with van der Waals surface area (Å²) in [6.45, 7) is 5.91. The molecule has 47 heavy (non-hydrogen) atoms. The Labute approximate surface area is 273 Å². The number of nitrogen functional groups attached to an aromatic ring is 1. The molecule has 0 unspecified atom stereocenters. The number of aromatic nitrogens is 5. The Morgan fingerprint density at radius 2 is 1.74 bits per heavy atom. The normalized spacial score (nSPS) is 17.0. The zero-order valence-corrected chi connectivity index (χ0v) is 26.8. The number of benzene rings is 2. The van der Waals surface area contributed by atoms with Gasteiger partial charge < -0.3 is 21.5 Å². The van der Waals surface area contributed by atoms with Gasteiger partial charge in [-0.3, -0.25) is 14.6 Å². The molecule has 0 spiro atoms. The third kappa shape index (κ3) is 8.76. The Kier molecular flexibility index (Phi) is 10.2. The number of amides is 3. The Bertz CT molecular complexity index is 1680. The van der Waals surface area contributed by atoms with Gasteiger partial charge in [-0.2, -0.15) is 0 Å². The minimum Gasteiger partial charge on any atom is -0.444 e. The molecule has 2 aromatic carbocycles. The Morgan fingerprint density at radius 1 is 1.00 bits per heavy atom. The van der Waals surface area contributed by atoms with Crippen LogP contribution >= 0.6 is 0 Å². The van der Waals surface area contributed by atoms with Gasteiger partial charge in [0.15, 0.2) is 5.82 Å². The number of nitrogens with zero attached hydrogens (tertiary/aromatic N) is 5. The van der Waals surface area contributed by atoms with Gasteiger partial charge >= 0.3 is 6.09 Å². The van der Waals surface area contributed by atoms with E-state index in [1.54, 1.807) is 36.7 Å². The lowest BCUT2D eigenvalue weighted by atomic mass is 9.81. The Hall–Kier alpha value is -5.17. The predicted octanol–water partition coefficient (Wildman–Crippen LogP) is 4.27. The average Bonchev–Trinajstić information content (AvgIpc) is 3.59. The van der Waals surface area contributed by atoms with Crippen LogP contribution in [-0.4, -0.2) is 61.7 Å². The van der Waals surface area contributed by atoms with Crippen molar-refractivity contribution in [1.29, 1.82) is 0 Å². The molecule has 1 fully saturated rings. The molecule has 1 saturated carbocycles. The van der Waals surface area contributed by atoms with Gasteiger partial charge in [0.1, 0.15) is 5.60 Å². The molecule has 13 nitrogen and oxygen atoms in total. The van der Waals surface area contributed by atoms with E-state index in [4.69, 9.17) is 16.2 Å². The van der Waals surface area contributed by atoms with Crippen LogP contribution in [0.2, 0.25) is 0 Å². The molecule has 1 aliphatic rings. The van der Waals surface area contributed by atoms with Gasteiger partial charge in [0.05, 0.1) is 17.4 Å². The molecular weight excluding hydrogens is 598 g/mol. The number of hydrogen-bond acceptors (Lipinski definition) is 10. The summed E-state index contributed by atoms with van der Waals surface area (Å²) >= 11 is 0. The molecule has 6 N–H and O–H groups in total. The molecule has 0 saturated heterocycles. The Balaban J connectivity index is 1.31. The first-order valence-electron chi connectivity index (χ1n) is 15.7. The summed E-state index contributed by atoms with van der Waals surface area (Å²) in [6.07, 6.45) is 5.68. The van der Waals surface area contributed by atoms with Crippen LogP contribution in [0, 0.1) is 11.8 Å². The van der Waals surface area contributed by atoms with E-state index < -0.39 is 23.6 Å². The number of nitrogens with one attached hydrogen (secondary N) is 2. The number of hydrogen-bond donors (Lipinski definition) is 4. The van der Waals surface area contributed by atoms with Crippen molar-refractivity contribution in [3.05, 3.63) is 72.6 Å². The highest BCUT2D eigenvalue weighted by Gasteiger charge is 2.35. The molecule has 2 heterocycles. The maximum absolute atomic E-state index is 14.1. The molecule has 1 aliphatic carbocycles. The van der Waals surface area contributed by atoms with Crippen LogP contribution in [0.25, 0.3) is 22.5 Å². The van der Waals surface area contributed by atoms with Crippen LogP contribution in [0.15, 0.2) is 67.0 Å². The number of rotatable bonds is 9. The first-order chi connectivity index (χ1) is 22.5. The van der Waals surface area contributed by atoms with Crippen molar-refractivity contribution in [3.8, 4) is 22.5 Å². The highest BCUT2D eigenvalue weighted by molar-refractivity contribution is 6.17. The number of imide groups is 1. The van der Waals surface area contributed by atoms with Crippen molar-refractivity contribution in [2.24, 2.45) is 17.6 Å². The maximum Gasteiger partial charge on any atom is 0.407 e. The van der Waals surface area contributed by atoms with E-state index in [-0.39, 0.29) is 24.2 Å². The third-order valence-electron chi connectivity index (χ3n) is 8.11. The fraction of sp³-hybridized carbons (Fsp3) is 0.382. The fourth-order valence-corrected chi connectivity index (χ4v) is 5.75. The van der Waals surface area contributed by atoms with Gasteiger partial charge in [-0.15, -0.1) is 5.10 Å². The molecule has 5 rings (SSSR count). The molecule has 0 radical (unpaired) electrons. The first-order valence-corrected chi connectivity index (χ1v) is 15.7. The minimum atomic E-state index is -0.985. The highest BCUT2D eigenvalue weighted by atomic mass is 16.6. The van der Waals surface area contributed by atoms with Crippen molar-refractivity contribution in [1.82, 2.24) is 30.9 Å². The average molecular weight is 640 g/mol. The van der Waals surface area contributed by atoms with Crippen LogP contribution in [0.3, 0.4) is 0 Å². The van der Waals surface area contributed by atoms with E-state index in [1.165, 1.54) is 4.90 Å². The van der Waals surface area contributed by atoms with Crippen LogP contribution in [0.4, 0.5) is 16.2 Å². The van der Waals surface area contributed by atoms with Crippen LogP contribution < -0.4 is 21.7 Å². The molecule has 0 aliphatic heterocycles. The first kappa shape index (κ1) is 33.2. The lowest BCUT2D eigenvalue weighted by molar-refractivity contribution is -0.130. The molecule has 3 amide bonds. The number of anilines is 2. The zero-order chi connectivity index (χ0) is 33.6. The second kappa shape index (κ2) is 14.5. The van der Waals surface area contributed by atoms with Gasteiger partial charge in [0.25, 0.3) is 5.91 Å². The number of aromatic amines is 1. The van der Waals surface area contributed by atoms with Crippen LogP contribution in [0.1, 0.15) is 52.0 Å². The van der Waals surface area contributed by atoms with Crippen LogP contribution in [-0.2, 0) is 20.7 Å². The number of ether oxygens (including phenoxy) is 1. The van der Waals surface area contributed by atoms with Gasteiger partial charge in [0, 0.05) is 36.0 Å². The number of carbonyl (C=O) groups excluding carboxylic acids is 3. The van der Waals surface area contributed by atoms with Gasteiger partial charge in [-0.1, -0.05) is 24.3 Å². The number of carbonyl (C=O) groups is 3. The lowest BCUT2D eigenvalue weighted by Gasteiger charge is -2.32. The molecule has 1 atom stereocenters. The standard InChI is InChI=1S/C34H41N9O4/c1-34(2,3)47-33(46)38-18-21-7-9-24(10-8-21)31(44)43(28-13-11-23(12-14-28)30-39-41-42-40-30)32(45)29(36)16-22-5-4-6-25(15-22)26-17-27(35)20-37-19-26/h4-6,11-15,17,19-21,24,29H,7-10,16,18,35-36H2,1-3H3,(H,38,46)(H,39,40,41,42)/t21-,24-,29-/m0/s1.